The van der Waals surface area contributed by atoms with Crippen LogP contribution in [0.1, 0.15) is 10.4 Å². The van der Waals surface area contributed by atoms with Gasteiger partial charge >= 0.3 is 0 Å². The summed E-state index contributed by atoms with van der Waals surface area (Å²) in [6.45, 7) is 1.95. The molecule has 0 fully saturated rings. The normalized spacial score (nSPS) is 13.9. The summed E-state index contributed by atoms with van der Waals surface area (Å²) >= 11 is 4.07. The molecule has 0 aliphatic carbocycles. The highest BCUT2D eigenvalue weighted by Gasteiger charge is 2.20. The number of fused-ring (bicyclic) bond motifs is 1. The van der Waals surface area contributed by atoms with Gasteiger partial charge in [0.25, 0.3) is 0 Å². The highest BCUT2D eigenvalue weighted by molar-refractivity contribution is 14.1. The number of carbonyl (C=O) groups is 1. The molecule has 104 valence electrons. The zero-order chi connectivity index (χ0) is 13.9. The van der Waals surface area contributed by atoms with E-state index in [4.69, 9.17) is 0 Å². The van der Waals surface area contributed by atoms with Crippen LogP contribution in [0.15, 0.2) is 35.7 Å². The van der Waals surface area contributed by atoms with Crippen molar-refractivity contribution in [3.05, 3.63) is 49.7 Å². The van der Waals surface area contributed by atoms with Crippen LogP contribution in [-0.2, 0) is 17.8 Å². The first-order chi connectivity index (χ1) is 9.72. The molecule has 1 aliphatic rings. The van der Waals surface area contributed by atoms with E-state index in [0.29, 0.717) is 6.54 Å². The van der Waals surface area contributed by atoms with Crippen LogP contribution in [0.4, 0.5) is 5.69 Å². The summed E-state index contributed by atoms with van der Waals surface area (Å²) in [5.74, 6) is 0.167. The first-order valence-corrected chi connectivity index (χ1v) is 8.50. The van der Waals surface area contributed by atoms with Crippen molar-refractivity contribution in [1.29, 1.82) is 0 Å². The second kappa shape index (κ2) is 6.13. The molecule has 0 unspecified atom stereocenters. The van der Waals surface area contributed by atoms with Crippen LogP contribution >= 0.6 is 33.9 Å². The largest absolute Gasteiger partial charge is 0.376 e. The molecular weight excluding hydrogens is 383 g/mol. The number of rotatable bonds is 3. The van der Waals surface area contributed by atoms with Gasteiger partial charge in [-0.3, -0.25) is 4.79 Å². The van der Waals surface area contributed by atoms with Crippen molar-refractivity contribution in [1.82, 2.24) is 4.90 Å². The molecule has 1 N–H and O–H groups in total. The number of amides is 1. The number of hydrogen-bond acceptors (Lipinski definition) is 3. The first-order valence-electron chi connectivity index (χ1n) is 6.55. The topological polar surface area (TPSA) is 32.3 Å². The highest BCUT2D eigenvalue weighted by atomic mass is 127. The van der Waals surface area contributed by atoms with E-state index in [1.165, 1.54) is 14.0 Å². The zero-order valence-electron chi connectivity index (χ0n) is 10.9. The third-order valence-electron chi connectivity index (χ3n) is 3.45. The average Bonchev–Trinajstić information content (AvgIpc) is 2.93. The Bertz CT molecular complexity index is 609. The molecule has 2 heterocycles. The van der Waals surface area contributed by atoms with Gasteiger partial charge in [0.1, 0.15) is 0 Å². The number of nitrogens with zero attached hydrogens (tertiary/aromatic N) is 1. The maximum Gasteiger partial charge on any atom is 0.242 e. The van der Waals surface area contributed by atoms with Crippen molar-refractivity contribution >= 4 is 45.5 Å². The summed E-state index contributed by atoms with van der Waals surface area (Å²) in [4.78, 5) is 15.6. The minimum absolute atomic E-state index is 0.167. The predicted octanol–water partition coefficient (Wildman–Crippen LogP) is 3.35. The number of hydrogen-bond donors (Lipinski definition) is 1. The number of thiophene rings is 1. The molecule has 3 rings (SSSR count). The minimum Gasteiger partial charge on any atom is -0.376 e. The lowest BCUT2D eigenvalue weighted by molar-refractivity contribution is -0.130. The number of nitrogens with one attached hydrogen (secondary N) is 1. The van der Waals surface area contributed by atoms with Crippen molar-refractivity contribution in [3.63, 3.8) is 0 Å². The Balaban J connectivity index is 1.56. The van der Waals surface area contributed by atoms with Crippen LogP contribution in [0.2, 0.25) is 0 Å². The smallest absolute Gasteiger partial charge is 0.242 e. The summed E-state index contributed by atoms with van der Waals surface area (Å²) in [6, 6.07) is 10.2. The molecule has 0 bridgehead atoms. The van der Waals surface area contributed by atoms with Crippen LogP contribution in [0.3, 0.4) is 0 Å². The van der Waals surface area contributed by atoms with Gasteiger partial charge in [-0.15, -0.1) is 11.3 Å². The fourth-order valence-corrected chi connectivity index (χ4v) is 3.57. The molecule has 1 aromatic heterocycles. The van der Waals surface area contributed by atoms with Crippen LogP contribution in [0.5, 0.6) is 0 Å². The zero-order valence-corrected chi connectivity index (χ0v) is 13.9. The number of benzene rings is 1. The van der Waals surface area contributed by atoms with Crippen molar-refractivity contribution in [2.45, 2.75) is 13.0 Å². The molecular formula is C15H15IN2OS. The van der Waals surface area contributed by atoms with E-state index in [0.717, 1.165) is 25.2 Å². The van der Waals surface area contributed by atoms with E-state index in [1.54, 1.807) is 11.3 Å². The van der Waals surface area contributed by atoms with Gasteiger partial charge in [0.15, 0.2) is 0 Å². The monoisotopic (exact) mass is 398 g/mol. The maximum absolute atomic E-state index is 12.2. The van der Waals surface area contributed by atoms with E-state index < -0.39 is 0 Å². The van der Waals surface area contributed by atoms with Crippen LogP contribution in [-0.4, -0.2) is 23.9 Å². The van der Waals surface area contributed by atoms with Gasteiger partial charge in [-0.25, -0.2) is 0 Å². The van der Waals surface area contributed by atoms with Gasteiger partial charge in [-0.05, 0) is 70.3 Å². The van der Waals surface area contributed by atoms with Crippen molar-refractivity contribution in [2.24, 2.45) is 0 Å². The SMILES string of the molecule is O=C(CNc1ccc(I)cc1)N1CCc2sccc2C1. The van der Waals surface area contributed by atoms with Gasteiger partial charge in [-0.2, -0.15) is 0 Å². The third-order valence-corrected chi connectivity index (χ3v) is 5.19. The van der Waals surface area contributed by atoms with Crippen LogP contribution in [0, 0.1) is 3.57 Å². The van der Waals surface area contributed by atoms with E-state index in [9.17, 15) is 4.79 Å². The molecule has 0 spiro atoms. The Labute approximate surface area is 136 Å². The molecule has 5 heteroatoms. The lowest BCUT2D eigenvalue weighted by Crippen LogP contribution is -2.38. The summed E-state index contributed by atoms with van der Waals surface area (Å²) in [5.41, 5.74) is 2.30. The Kier molecular flexibility index (Phi) is 4.26. The molecule has 0 saturated carbocycles. The summed E-state index contributed by atoms with van der Waals surface area (Å²) in [6.07, 6.45) is 0.988. The quantitative estimate of drug-likeness (QED) is 0.805. The lowest BCUT2D eigenvalue weighted by Gasteiger charge is -2.27. The second-order valence-corrected chi connectivity index (χ2v) is 7.04. The molecule has 0 atom stereocenters. The Hall–Kier alpha value is -1.08. The number of carbonyl (C=O) groups excluding carboxylic acids is 1. The molecule has 1 amide bonds. The van der Waals surface area contributed by atoms with Gasteiger partial charge in [-0.1, -0.05) is 0 Å². The van der Waals surface area contributed by atoms with Gasteiger partial charge in [0.05, 0.1) is 6.54 Å². The fourth-order valence-electron chi connectivity index (χ4n) is 2.32. The Morgan fingerprint density at radius 1 is 1.30 bits per heavy atom. The van der Waals surface area contributed by atoms with E-state index in [2.05, 4.69) is 39.4 Å². The Morgan fingerprint density at radius 3 is 2.90 bits per heavy atom. The lowest BCUT2D eigenvalue weighted by atomic mass is 10.1. The van der Waals surface area contributed by atoms with Crippen LogP contribution in [0.25, 0.3) is 0 Å². The minimum atomic E-state index is 0.167. The number of halogens is 1. The van der Waals surface area contributed by atoms with E-state index in [-0.39, 0.29) is 5.91 Å². The van der Waals surface area contributed by atoms with Gasteiger partial charge in [0, 0.05) is 27.2 Å². The maximum atomic E-state index is 12.2. The third kappa shape index (κ3) is 3.15. The number of anilines is 1. The molecule has 1 aliphatic heterocycles. The highest BCUT2D eigenvalue weighted by Crippen LogP contribution is 2.24. The van der Waals surface area contributed by atoms with Gasteiger partial charge < -0.3 is 10.2 Å². The predicted molar refractivity (Wildman–Crippen MR) is 91.1 cm³/mol. The van der Waals surface area contributed by atoms with Crippen molar-refractivity contribution in [2.75, 3.05) is 18.4 Å². The summed E-state index contributed by atoms with van der Waals surface area (Å²) in [5, 5.41) is 5.31. The molecule has 2 aromatic rings. The van der Waals surface area contributed by atoms with E-state index >= 15 is 0 Å². The molecule has 1 aromatic carbocycles. The Morgan fingerprint density at radius 2 is 2.10 bits per heavy atom. The fraction of sp³-hybridized carbons (Fsp3) is 0.267. The standard InChI is InChI=1S/C15H15IN2OS/c16-12-1-3-13(4-2-12)17-9-15(19)18-7-5-14-11(10-18)6-8-20-14/h1-4,6,8,17H,5,7,9-10H2. The summed E-state index contributed by atoms with van der Waals surface area (Å²) < 4.78 is 1.19. The molecule has 0 saturated heterocycles. The van der Waals surface area contributed by atoms with E-state index in [1.807, 2.05) is 29.2 Å². The molecule has 0 radical (unpaired) electrons. The van der Waals surface area contributed by atoms with Crippen molar-refractivity contribution in [3.8, 4) is 0 Å². The van der Waals surface area contributed by atoms with Crippen LogP contribution < -0.4 is 5.32 Å². The average molecular weight is 398 g/mol. The summed E-state index contributed by atoms with van der Waals surface area (Å²) in [7, 11) is 0. The molecule has 20 heavy (non-hydrogen) atoms. The molecule has 3 nitrogen and oxygen atoms in total. The van der Waals surface area contributed by atoms with Crippen molar-refractivity contribution < 1.29 is 4.79 Å². The second-order valence-electron chi connectivity index (χ2n) is 4.79. The first kappa shape index (κ1) is 13.9. The van der Waals surface area contributed by atoms with Gasteiger partial charge in [0.2, 0.25) is 5.91 Å².